The number of hydrogen-bond donors (Lipinski definition) is 0. The van der Waals surface area contributed by atoms with Crippen LogP contribution in [0.4, 0.5) is 0 Å². The normalized spacial score (nSPS) is 19.0. The van der Waals surface area contributed by atoms with Crippen LogP contribution in [-0.2, 0) is 10.3 Å². The van der Waals surface area contributed by atoms with Crippen molar-refractivity contribution in [2.24, 2.45) is 10.9 Å². The summed E-state index contributed by atoms with van der Waals surface area (Å²) in [6.45, 7) is 4.65. The summed E-state index contributed by atoms with van der Waals surface area (Å²) in [4.78, 5) is 4.57. The zero-order chi connectivity index (χ0) is 17.2. The Bertz CT molecular complexity index is 661. The first-order chi connectivity index (χ1) is 11.5. The van der Waals surface area contributed by atoms with E-state index in [1.165, 1.54) is 0 Å². The van der Waals surface area contributed by atoms with Crippen molar-refractivity contribution >= 4 is 17.5 Å². The van der Waals surface area contributed by atoms with Gasteiger partial charge in [0.2, 0.25) is 5.90 Å². The molecule has 0 spiro atoms. The zero-order valence-corrected chi connectivity index (χ0v) is 14.6. The van der Waals surface area contributed by atoms with Gasteiger partial charge in [-0.25, -0.2) is 4.99 Å². The van der Waals surface area contributed by atoms with E-state index < -0.39 is 11.0 Å². The molecule has 126 valence electrons. The van der Waals surface area contributed by atoms with Gasteiger partial charge in [-0.2, -0.15) is 0 Å². The molecule has 0 amide bonds. The molecule has 1 aliphatic heterocycles. The SMILES string of the molecule is CC(C)C1COC([C@H](Cl)C([O-])(c2ccccc2)c2ccccc2)=N1. The molecule has 2 atom stereocenters. The molecule has 24 heavy (non-hydrogen) atoms. The molecule has 0 saturated heterocycles. The van der Waals surface area contributed by atoms with Crippen LogP contribution in [0.5, 0.6) is 0 Å². The van der Waals surface area contributed by atoms with Crippen molar-refractivity contribution in [3.05, 3.63) is 71.8 Å². The fourth-order valence-corrected chi connectivity index (χ4v) is 3.26. The first-order valence-electron chi connectivity index (χ1n) is 8.19. The minimum Gasteiger partial charge on any atom is -0.841 e. The quantitative estimate of drug-likeness (QED) is 0.782. The summed E-state index contributed by atoms with van der Waals surface area (Å²) in [5.41, 5.74) is -0.444. The summed E-state index contributed by atoms with van der Waals surface area (Å²) in [5.74, 6) is 0.693. The second-order valence-corrected chi connectivity index (χ2v) is 6.86. The monoisotopic (exact) mass is 342 g/mol. The van der Waals surface area contributed by atoms with Gasteiger partial charge in [-0.3, -0.25) is 0 Å². The minimum atomic E-state index is -1.66. The summed E-state index contributed by atoms with van der Waals surface area (Å²) < 4.78 is 5.70. The van der Waals surface area contributed by atoms with Crippen molar-refractivity contribution in [1.29, 1.82) is 0 Å². The van der Waals surface area contributed by atoms with E-state index in [0.717, 1.165) is 0 Å². The highest BCUT2D eigenvalue weighted by Gasteiger charge is 2.37. The second kappa shape index (κ2) is 6.96. The Kier molecular flexibility index (Phi) is 4.93. The minimum absolute atomic E-state index is 0.0528. The number of ether oxygens (including phenoxy) is 1. The number of benzene rings is 2. The topological polar surface area (TPSA) is 44.6 Å². The average molecular weight is 343 g/mol. The van der Waals surface area contributed by atoms with E-state index in [2.05, 4.69) is 18.8 Å². The smallest absolute Gasteiger partial charge is 0.202 e. The Morgan fingerprint density at radius 1 is 1.04 bits per heavy atom. The van der Waals surface area contributed by atoms with Crippen LogP contribution in [0.1, 0.15) is 25.0 Å². The Hall–Kier alpha value is -1.84. The summed E-state index contributed by atoms with van der Waals surface area (Å²) >= 11 is 6.67. The number of rotatable bonds is 5. The molecule has 1 heterocycles. The number of nitrogens with zero attached hydrogens (tertiary/aromatic N) is 1. The molecule has 3 rings (SSSR count). The maximum Gasteiger partial charge on any atom is 0.202 e. The van der Waals surface area contributed by atoms with Crippen LogP contribution >= 0.6 is 11.6 Å². The largest absolute Gasteiger partial charge is 0.841 e. The Labute approximate surface area is 148 Å². The highest BCUT2D eigenvalue weighted by Crippen LogP contribution is 2.35. The first-order valence-corrected chi connectivity index (χ1v) is 8.63. The van der Waals surface area contributed by atoms with Gasteiger partial charge >= 0.3 is 0 Å². The lowest BCUT2D eigenvalue weighted by atomic mass is 9.83. The maximum atomic E-state index is 14.0. The molecule has 0 aromatic heterocycles. The molecular weight excluding hydrogens is 322 g/mol. The number of hydrogen-bond acceptors (Lipinski definition) is 3. The van der Waals surface area contributed by atoms with Gasteiger partial charge in [-0.1, -0.05) is 85.6 Å². The second-order valence-electron chi connectivity index (χ2n) is 6.42. The molecule has 0 bridgehead atoms. The van der Waals surface area contributed by atoms with Crippen molar-refractivity contribution in [2.75, 3.05) is 6.61 Å². The van der Waals surface area contributed by atoms with E-state index in [1.54, 1.807) is 0 Å². The average Bonchev–Trinajstić information content (AvgIpc) is 3.12. The van der Waals surface area contributed by atoms with Gasteiger partial charge in [0.05, 0.1) is 6.04 Å². The predicted molar refractivity (Wildman–Crippen MR) is 95.3 cm³/mol. The predicted octanol–water partition coefficient (Wildman–Crippen LogP) is 3.35. The van der Waals surface area contributed by atoms with Gasteiger partial charge in [0, 0.05) is 0 Å². The van der Waals surface area contributed by atoms with Gasteiger partial charge in [0.25, 0.3) is 0 Å². The molecule has 0 aliphatic carbocycles. The van der Waals surface area contributed by atoms with Crippen molar-refractivity contribution in [1.82, 2.24) is 0 Å². The van der Waals surface area contributed by atoms with Crippen molar-refractivity contribution in [2.45, 2.75) is 30.9 Å². The molecule has 4 heteroatoms. The third-order valence-electron chi connectivity index (χ3n) is 4.44. The Balaban J connectivity index is 2.05. The summed E-state index contributed by atoms with van der Waals surface area (Å²) in [5, 5.41) is 13.1. The lowest BCUT2D eigenvalue weighted by Crippen LogP contribution is -2.52. The molecule has 0 radical (unpaired) electrons. The Morgan fingerprint density at radius 2 is 1.54 bits per heavy atom. The van der Waals surface area contributed by atoms with Gasteiger partial charge in [-0.15, -0.1) is 11.6 Å². The van der Waals surface area contributed by atoms with Crippen LogP contribution in [0.25, 0.3) is 0 Å². The summed E-state index contributed by atoms with van der Waals surface area (Å²) in [6.07, 6.45) is 0. The third-order valence-corrected chi connectivity index (χ3v) is 4.94. The van der Waals surface area contributed by atoms with E-state index in [9.17, 15) is 5.11 Å². The highest BCUT2D eigenvalue weighted by molar-refractivity contribution is 6.32. The number of halogens is 1. The third kappa shape index (κ3) is 3.06. The maximum absolute atomic E-state index is 14.0. The van der Waals surface area contributed by atoms with Gasteiger partial charge in [-0.05, 0) is 11.5 Å². The van der Waals surface area contributed by atoms with Crippen molar-refractivity contribution in [3.63, 3.8) is 0 Å². The van der Waals surface area contributed by atoms with Crippen LogP contribution in [-0.4, -0.2) is 23.9 Å². The van der Waals surface area contributed by atoms with Gasteiger partial charge < -0.3 is 9.84 Å². The molecule has 0 N–H and O–H groups in total. The lowest BCUT2D eigenvalue weighted by Gasteiger charge is -2.45. The van der Waals surface area contributed by atoms with Crippen LogP contribution in [0.2, 0.25) is 0 Å². The Morgan fingerprint density at radius 3 is 1.96 bits per heavy atom. The van der Waals surface area contributed by atoms with E-state index in [1.807, 2.05) is 60.7 Å². The van der Waals surface area contributed by atoms with E-state index in [0.29, 0.717) is 29.5 Å². The molecule has 1 unspecified atom stereocenters. The number of alkyl halides is 1. The van der Waals surface area contributed by atoms with E-state index in [4.69, 9.17) is 16.3 Å². The van der Waals surface area contributed by atoms with Crippen LogP contribution in [0.3, 0.4) is 0 Å². The van der Waals surface area contributed by atoms with Crippen LogP contribution < -0.4 is 5.11 Å². The van der Waals surface area contributed by atoms with Gasteiger partial charge in [0.15, 0.2) is 0 Å². The molecular formula is C20H21ClNO2-. The number of aliphatic imine (C=N–C) groups is 1. The van der Waals surface area contributed by atoms with E-state index in [-0.39, 0.29) is 6.04 Å². The van der Waals surface area contributed by atoms with Crippen molar-refractivity contribution < 1.29 is 9.84 Å². The fraction of sp³-hybridized carbons (Fsp3) is 0.350. The van der Waals surface area contributed by atoms with Crippen LogP contribution in [0, 0.1) is 5.92 Å². The van der Waals surface area contributed by atoms with Crippen LogP contribution in [0.15, 0.2) is 65.7 Å². The molecule has 2 aromatic carbocycles. The first kappa shape index (κ1) is 17.0. The standard InChI is InChI=1S/C20H21ClNO2/c1-14(2)17-13-24-19(22-17)18(21)20(23,15-9-5-3-6-10-15)16-11-7-4-8-12-16/h3-12,14,17-18H,13H2,1-2H3/q-1/t17?,18-/m0/s1. The zero-order valence-electron chi connectivity index (χ0n) is 13.9. The van der Waals surface area contributed by atoms with E-state index >= 15 is 0 Å². The fourth-order valence-electron chi connectivity index (χ4n) is 2.89. The molecule has 1 aliphatic rings. The molecule has 0 saturated carbocycles. The van der Waals surface area contributed by atoms with Crippen molar-refractivity contribution in [3.8, 4) is 0 Å². The molecule has 2 aromatic rings. The lowest BCUT2D eigenvalue weighted by molar-refractivity contribution is -0.468. The highest BCUT2D eigenvalue weighted by atomic mass is 35.5. The summed E-state index contributed by atoms with van der Waals surface area (Å²) in [7, 11) is 0. The van der Waals surface area contributed by atoms with Gasteiger partial charge in [0.1, 0.15) is 12.0 Å². The molecule has 0 fully saturated rings. The summed E-state index contributed by atoms with van der Waals surface area (Å²) in [6, 6.07) is 18.5. The molecule has 3 nitrogen and oxygen atoms in total.